The molecule has 8 aromatic carbocycles. The van der Waals surface area contributed by atoms with Crippen molar-refractivity contribution in [3.8, 4) is 45.3 Å². The van der Waals surface area contributed by atoms with Gasteiger partial charge in [0, 0.05) is 55.4 Å². The van der Waals surface area contributed by atoms with E-state index in [1.165, 1.54) is 59.9 Å². The van der Waals surface area contributed by atoms with Gasteiger partial charge in [-0.2, -0.15) is 0 Å². The predicted molar refractivity (Wildman–Crippen MR) is 227 cm³/mol. The fourth-order valence-electron chi connectivity index (χ4n) is 8.79. The summed E-state index contributed by atoms with van der Waals surface area (Å²) in [5, 5.41) is 10.8. The van der Waals surface area contributed by atoms with Crippen molar-refractivity contribution in [3.63, 3.8) is 0 Å². The topological polar surface area (TPSA) is 56.0 Å². The molecule has 55 heavy (non-hydrogen) atoms. The van der Waals surface area contributed by atoms with E-state index in [4.69, 9.17) is 19.9 Å². The van der Waals surface area contributed by atoms with E-state index in [0.29, 0.717) is 17.5 Å². The molecule has 0 saturated heterocycles. The van der Waals surface area contributed by atoms with Gasteiger partial charge < -0.3 is 4.40 Å². The lowest BCUT2D eigenvalue weighted by Gasteiger charge is -2.17. The van der Waals surface area contributed by atoms with Gasteiger partial charge in [-0.25, -0.2) is 15.0 Å². The van der Waals surface area contributed by atoms with Crippen molar-refractivity contribution in [2.75, 3.05) is 0 Å². The average Bonchev–Trinajstić information content (AvgIpc) is 3.59. The number of para-hydroxylation sites is 1. The number of pyridine rings is 2. The van der Waals surface area contributed by atoms with Crippen LogP contribution in [-0.4, -0.2) is 24.3 Å². The highest BCUT2D eigenvalue weighted by atomic mass is 15.0. The zero-order chi connectivity index (χ0) is 36.0. The first kappa shape index (κ1) is 30.0. The minimum atomic E-state index is 0.646. The summed E-state index contributed by atoms with van der Waals surface area (Å²) < 4.78 is 2.46. The van der Waals surface area contributed by atoms with E-state index in [9.17, 15) is 0 Å². The first-order valence-electron chi connectivity index (χ1n) is 18.6. The third kappa shape index (κ3) is 4.41. The number of hydrogen-bond acceptors (Lipinski definition) is 4. The number of nitrogens with zero attached hydrogens (tertiary/aromatic N) is 5. The van der Waals surface area contributed by atoms with Crippen molar-refractivity contribution in [3.05, 3.63) is 176 Å². The number of aromatic nitrogens is 5. The molecule has 5 nitrogen and oxygen atoms in total. The third-order valence-electron chi connectivity index (χ3n) is 11.2. The van der Waals surface area contributed by atoms with E-state index >= 15 is 0 Å². The normalized spacial score (nSPS) is 12.0. The molecule has 0 saturated carbocycles. The maximum Gasteiger partial charge on any atom is 0.164 e. The van der Waals surface area contributed by atoms with Crippen LogP contribution in [0.15, 0.2) is 176 Å². The quantitative estimate of drug-likeness (QED) is 0.136. The summed E-state index contributed by atoms with van der Waals surface area (Å²) >= 11 is 0. The van der Waals surface area contributed by atoms with Gasteiger partial charge in [0.15, 0.2) is 17.5 Å². The Balaban J connectivity index is 1.13. The van der Waals surface area contributed by atoms with E-state index in [2.05, 4.69) is 108 Å². The van der Waals surface area contributed by atoms with Crippen molar-refractivity contribution in [2.24, 2.45) is 0 Å². The molecule has 0 aliphatic carbocycles. The number of hydrogen-bond donors (Lipinski definition) is 0. The van der Waals surface area contributed by atoms with Crippen molar-refractivity contribution >= 4 is 70.5 Å². The van der Waals surface area contributed by atoms with Crippen molar-refractivity contribution in [1.82, 2.24) is 24.3 Å². The lowest BCUT2D eigenvalue weighted by Crippen LogP contribution is -2.00. The Hall–Kier alpha value is -7.50. The van der Waals surface area contributed by atoms with E-state index < -0.39 is 0 Å². The Labute approximate surface area is 315 Å². The van der Waals surface area contributed by atoms with Gasteiger partial charge >= 0.3 is 0 Å². The first-order chi connectivity index (χ1) is 27.3. The standard InChI is InChI=1S/C50H29N5/c1-3-12-30(13-4-1)48-52-49(31-14-5-2-6-15-31)54-50(53-48)34-23-26-42-41(29-34)40-21-9-20-39-38-25-24-37(36-19-10-22-43(44(36)38)55(42)47(39)40)45-35-18-8-7-16-32(35)28-33-17-11-27-51-46(33)45/h1-29H. The second kappa shape index (κ2) is 11.5. The Bertz CT molecular complexity index is 3370. The van der Waals surface area contributed by atoms with E-state index in [-0.39, 0.29) is 0 Å². The Morgan fingerprint density at radius 3 is 1.80 bits per heavy atom. The van der Waals surface area contributed by atoms with Crippen LogP contribution in [0, 0.1) is 0 Å². The summed E-state index contributed by atoms with van der Waals surface area (Å²) in [6.45, 7) is 0. The van der Waals surface area contributed by atoms with Crippen LogP contribution < -0.4 is 0 Å². The van der Waals surface area contributed by atoms with Crippen LogP contribution in [0.1, 0.15) is 0 Å². The van der Waals surface area contributed by atoms with Crippen LogP contribution in [0.4, 0.5) is 0 Å². The van der Waals surface area contributed by atoms with E-state index in [1.54, 1.807) is 0 Å². The molecule has 0 aliphatic heterocycles. The first-order valence-corrected chi connectivity index (χ1v) is 18.6. The minimum absolute atomic E-state index is 0.646. The van der Waals surface area contributed by atoms with Crippen molar-refractivity contribution < 1.29 is 0 Å². The molecule has 0 N–H and O–H groups in total. The largest absolute Gasteiger partial charge is 0.308 e. The van der Waals surface area contributed by atoms with Crippen molar-refractivity contribution in [1.29, 1.82) is 0 Å². The number of benzene rings is 8. The zero-order valence-corrected chi connectivity index (χ0v) is 29.5. The molecule has 0 bridgehead atoms. The molecule has 0 atom stereocenters. The fraction of sp³-hybridized carbons (Fsp3) is 0. The molecular weight excluding hydrogens is 671 g/mol. The van der Waals surface area contributed by atoms with E-state index in [0.717, 1.165) is 38.5 Å². The monoisotopic (exact) mass is 699 g/mol. The molecule has 0 amide bonds. The molecule has 254 valence electrons. The highest BCUT2D eigenvalue weighted by Crippen LogP contribution is 2.45. The maximum atomic E-state index is 5.05. The second-order valence-electron chi connectivity index (χ2n) is 14.2. The highest BCUT2D eigenvalue weighted by Gasteiger charge is 2.22. The Kier molecular flexibility index (Phi) is 6.27. The molecule has 4 heterocycles. The van der Waals surface area contributed by atoms with Crippen LogP contribution in [-0.2, 0) is 0 Å². The van der Waals surface area contributed by atoms with Gasteiger partial charge in [0.25, 0.3) is 0 Å². The van der Waals surface area contributed by atoms with Crippen LogP contribution in [0.25, 0.3) is 116 Å². The summed E-state index contributed by atoms with van der Waals surface area (Å²) in [5.74, 6) is 1.95. The molecular formula is C50H29N5. The van der Waals surface area contributed by atoms with Crippen LogP contribution in [0.5, 0.6) is 0 Å². The molecule has 4 aromatic heterocycles. The minimum Gasteiger partial charge on any atom is -0.308 e. The van der Waals surface area contributed by atoms with Crippen LogP contribution in [0.3, 0.4) is 0 Å². The third-order valence-corrected chi connectivity index (χ3v) is 11.2. The predicted octanol–water partition coefficient (Wildman–Crippen LogP) is 12.5. The van der Waals surface area contributed by atoms with Crippen LogP contribution in [0.2, 0.25) is 0 Å². The van der Waals surface area contributed by atoms with Gasteiger partial charge in [-0.15, -0.1) is 0 Å². The maximum absolute atomic E-state index is 5.05. The summed E-state index contributed by atoms with van der Waals surface area (Å²) in [5.41, 5.74) is 9.77. The fourth-order valence-corrected chi connectivity index (χ4v) is 8.79. The highest BCUT2D eigenvalue weighted by molar-refractivity contribution is 6.29. The second-order valence-corrected chi connectivity index (χ2v) is 14.2. The lowest BCUT2D eigenvalue weighted by atomic mass is 9.89. The van der Waals surface area contributed by atoms with Gasteiger partial charge in [-0.3, -0.25) is 4.98 Å². The molecule has 0 radical (unpaired) electrons. The van der Waals surface area contributed by atoms with Gasteiger partial charge in [-0.05, 0) is 63.5 Å². The molecule has 0 unspecified atom stereocenters. The van der Waals surface area contributed by atoms with Gasteiger partial charge in [0.2, 0.25) is 0 Å². The van der Waals surface area contributed by atoms with Crippen LogP contribution >= 0.6 is 0 Å². The molecule has 12 rings (SSSR count). The molecule has 0 fully saturated rings. The molecule has 5 heteroatoms. The summed E-state index contributed by atoms with van der Waals surface area (Å²) in [6, 6.07) is 60.1. The summed E-state index contributed by atoms with van der Waals surface area (Å²) in [4.78, 5) is 20.0. The number of fused-ring (bicyclic) bond motifs is 7. The van der Waals surface area contributed by atoms with E-state index in [1.807, 2.05) is 72.9 Å². The lowest BCUT2D eigenvalue weighted by molar-refractivity contribution is 1.07. The van der Waals surface area contributed by atoms with Gasteiger partial charge in [0.05, 0.1) is 22.1 Å². The van der Waals surface area contributed by atoms with Gasteiger partial charge in [-0.1, -0.05) is 133 Å². The average molecular weight is 700 g/mol. The zero-order valence-electron chi connectivity index (χ0n) is 29.5. The molecule has 12 aromatic rings. The summed E-state index contributed by atoms with van der Waals surface area (Å²) in [7, 11) is 0. The Morgan fingerprint density at radius 2 is 1.02 bits per heavy atom. The number of rotatable bonds is 4. The smallest absolute Gasteiger partial charge is 0.164 e. The van der Waals surface area contributed by atoms with Crippen molar-refractivity contribution in [2.45, 2.75) is 0 Å². The SMILES string of the molecule is c1ccc(-c2nc(-c3ccccc3)nc(-c3ccc4c(c3)c3cccc5c6ccc(-c7c8ccccc8cc8cccnc78)c7cccc(c76)n4c53)n2)cc1. The van der Waals surface area contributed by atoms with Gasteiger partial charge in [0.1, 0.15) is 0 Å². The molecule has 0 aliphatic rings. The summed E-state index contributed by atoms with van der Waals surface area (Å²) in [6.07, 6.45) is 1.90. The molecule has 0 spiro atoms. The Morgan fingerprint density at radius 1 is 0.382 bits per heavy atom.